The van der Waals surface area contributed by atoms with Crippen molar-refractivity contribution in [1.29, 1.82) is 0 Å². The van der Waals surface area contributed by atoms with Gasteiger partial charge in [0.1, 0.15) is 5.82 Å². The topological polar surface area (TPSA) is 84.5 Å². The van der Waals surface area contributed by atoms with Crippen LogP contribution < -0.4 is 5.32 Å². The Kier molecular flexibility index (Phi) is 5.47. The van der Waals surface area contributed by atoms with E-state index in [-0.39, 0.29) is 29.6 Å². The summed E-state index contributed by atoms with van der Waals surface area (Å²) in [6.45, 7) is 0.638. The third kappa shape index (κ3) is 4.24. The minimum atomic E-state index is -0.288. The van der Waals surface area contributed by atoms with E-state index >= 15 is 0 Å². The first-order valence-electron chi connectivity index (χ1n) is 13.3. The van der Waals surface area contributed by atoms with Gasteiger partial charge in [-0.05, 0) is 78.8 Å². The lowest BCUT2D eigenvalue weighted by atomic mass is 10.0. The molecule has 3 aromatic heterocycles. The minimum Gasteiger partial charge on any atom is -0.350 e. The zero-order valence-corrected chi connectivity index (χ0v) is 21.5. The Morgan fingerprint density at radius 2 is 1.87 bits per heavy atom. The maximum absolute atomic E-state index is 13.9. The number of nitrogens with zero attached hydrogens (tertiary/aromatic N) is 5. The highest BCUT2D eigenvalue weighted by molar-refractivity contribution is 6.08. The molecule has 8 nitrogen and oxygen atoms in total. The molecular formula is C30H27FN6O2. The Balaban J connectivity index is 1.22. The Morgan fingerprint density at radius 1 is 1.03 bits per heavy atom. The molecule has 5 aromatic rings. The van der Waals surface area contributed by atoms with Gasteiger partial charge < -0.3 is 9.47 Å². The van der Waals surface area contributed by atoms with Crippen molar-refractivity contribution in [1.82, 2.24) is 24.1 Å². The number of carbonyl (C=O) groups is 2. The molecule has 0 radical (unpaired) electrons. The van der Waals surface area contributed by atoms with Gasteiger partial charge in [0.15, 0.2) is 5.65 Å². The number of likely N-dealkylation sites (tertiary alicyclic amines) is 1. The molecule has 39 heavy (non-hydrogen) atoms. The predicted octanol–water partition coefficient (Wildman–Crippen LogP) is 5.35. The van der Waals surface area contributed by atoms with Gasteiger partial charge in [-0.3, -0.25) is 14.9 Å². The number of hydrogen-bond acceptors (Lipinski definition) is 4. The highest BCUT2D eigenvalue weighted by Gasteiger charge is 2.32. The van der Waals surface area contributed by atoms with Crippen LogP contribution in [0.15, 0.2) is 67.0 Å². The molecule has 4 heterocycles. The number of halogens is 1. The van der Waals surface area contributed by atoms with E-state index in [1.54, 1.807) is 10.6 Å². The molecule has 2 aromatic carbocycles. The van der Waals surface area contributed by atoms with Crippen LogP contribution in [-0.2, 0) is 11.8 Å². The standard InChI is InChI=1S/C30H27FN6O2/c1-35-17-24(29(39)36-12-3-6-25(36)21-4-2-5-22(31)14-21)23-15-19(9-10-26(23)35)20-11-13-37-27(16-20)32-30(34-37)33-28(38)18-7-8-18/h2,4-5,9-11,13-18,25H,3,6-8,12H2,1H3,(H,33,34,38). The molecule has 0 bridgehead atoms. The molecule has 1 unspecified atom stereocenters. The van der Waals surface area contributed by atoms with Gasteiger partial charge in [-0.15, -0.1) is 5.10 Å². The maximum Gasteiger partial charge on any atom is 0.256 e. The van der Waals surface area contributed by atoms with E-state index in [1.165, 1.54) is 12.1 Å². The Morgan fingerprint density at radius 3 is 2.69 bits per heavy atom. The number of fused-ring (bicyclic) bond motifs is 2. The second kappa shape index (κ2) is 9.04. The van der Waals surface area contributed by atoms with E-state index in [0.717, 1.165) is 53.3 Å². The molecule has 2 aliphatic rings. The molecule has 1 aliphatic carbocycles. The van der Waals surface area contributed by atoms with Crippen LogP contribution in [0.5, 0.6) is 0 Å². The second-order valence-electron chi connectivity index (χ2n) is 10.5. The van der Waals surface area contributed by atoms with Crippen LogP contribution in [0.2, 0.25) is 0 Å². The number of carbonyl (C=O) groups excluding carboxylic acids is 2. The van der Waals surface area contributed by atoms with Crippen LogP contribution >= 0.6 is 0 Å². The SMILES string of the molecule is Cn1cc(C(=O)N2CCCC2c2cccc(F)c2)c2cc(-c3ccn4nc(NC(=O)C5CC5)nc4c3)ccc21. The van der Waals surface area contributed by atoms with Gasteiger partial charge >= 0.3 is 0 Å². The average Bonchev–Trinajstić information content (AvgIpc) is 3.39. The number of aryl methyl sites for hydroxylation is 1. The number of aromatic nitrogens is 4. The third-order valence-corrected chi connectivity index (χ3v) is 7.82. The van der Waals surface area contributed by atoms with Crippen molar-refractivity contribution in [3.8, 4) is 11.1 Å². The van der Waals surface area contributed by atoms with E-state index < -0.39 is 0 Å². The molecule has 0 spiro atoms. The molecule has 2 fully saturated rings. The Bertz CT molecular complexity index is 1770. The highest BCUT2D eigenvalue weighted by Crippen LogP contribution is 2.36. The summed E-state index contributed by atoms with van der Waals surface area (Å²) in [5.74, 6) is 0.00732. The molecule has 7 rings (SSSR count). The van der Waals surface area contributed by atoms with E-state index in [9.17, 15) is 14.0 Å². The van der Waals surface area contributed by atoms with Crippen LogP contribution in [0, 0.1) is 11.7 Å². The van der Waals surface area contributed by atoms with Gasteiger partial charge in [-0.25, -0.2) is 8.91 Å². The predicted molar refractivity (Wildman–Crippen MR) is 146 cm³/mol. The monoisotopic (exact) mass is 522 g/mol. The first kappa shape index (κ1) is 23.6. The van der Waals surface area contributed by atoms with E-state index in [1.807, 2.05) is 65.3 Å². The molecule has 1 aliphatic heterocycles. The fourth-order valence-corrected chi connectivity index (χ4v) is 5.64. The van der Waals surface area contributed by atoms with Gasteiger partial charge in [-0.1, -0.05) is 18.2 Å². The quantitative estimate of drug-likeness (QED) is 0.337. The van der Waals surface area contributed by atoms with Crippen molar-refractivity contribution in [2.24, 2.45) is 13.0 Å². The third-order valence-electron chi connectivity index (χ3n) is 7.82. The lowest BCUT2D eigenvalue weighted by Crippen LogP contribution is -2.30. The summed E-state index contributed by atoms with van der Waals surface area (Å²) < 4.78 is 17.6. The number of nitrogens with one attached hydrogen (secondary N) is 1. The smallest absolute Gasteiger partial charge is 0.256 e. The molecule has 2 amide bonds. The summed E-state index contributed by atoms with van der Waals surface area (Å²) in [6, 6.07) is 16.4. The summed E-state index contributed by atoms with van der Waals surface area (Å²) in [7, 11) is 1.94. The van der Waals surface area contributed by atoms with E-state index in [0.29, 0.717) is 23.7 Å². The summed E-state index contributed by atoms with van der Waals surface area (Å²) in [6.07, 6.45) is 7.23. The van der Waals surface area contributed by atoms with Crippen molar-refractivity contribution in [3.63, 3.8) is 0 Å². The van der Waals surface area contributed by atoms with Crippen molar-refractivity contribution in [2.45, 2.75) is 31.7 Å². The molecule has 1 saturated heterocycles. The van der Waals surface area contributed by atoms with Gasteiger partial charge in [-0.2, -0.15) is 4.98 Å². The van der Waals surface area contributed by atoms with Crippen molar-refractivity contribution in [2.75, 3.05) is 11.9 Å². The van der Waals surface area contributed by atoms with Gasteiger partial charge in [0.25, 0.3) is 5.91 Å². The number of anilines is 1. The molecule has 1 atom stereocenters. The highest BCUT2D eigenvalue weighted by atomic mass is 19.1. The summed E-state index contributed by atoms with van der Waals surface area (Å²) in [5, 5.41) is 8.03. The fraction of sp³-hybridized carbons (Fsp3) is 0.267. The lowest BCUT2D eigenvalue weighted by molar-refractivity contribution is -0.117. The maximum atomic E-state index is 13.9. The number of pyridine rings is 1. The average molecular weight is 523 g/mol. The first-order chi connectivity index (χ1) is 18.9. The zero-order valence-electron chi connectivity index (χ0n) is 21.5. The molecule has 1 N–H and O–H groups in total. The summed E-state index contributed by atoms with van der Waals surface area (Å²) in [5.41, 5.74) is 4.91. The van der Waals surface area contributed by atoms with Crippen LogP contribution in [0.25, 0.3) is 27.7 Å². The first-order valence-corrected chi connectivity index (χ1v) is 13.3. The molecule has 196 valence electrons. The Labute approximate surface area is 224 Å². The van der Waals surface area contributed by atoms with Crippen molar-refractivity contribution in [3.05, 3.63) is 83.9 Å². The van der Waals surface area contributed by atoms with E-state index in [2.05, 4.69) is 15.4 Å². The van der Waals surface area contributed by atoms with Crippen LogP contribution in [0.4, 0.5) is 10.3 Å². The lowest BCUT2D eigenvalue weighted by Gasteiger charge is -2.25. The number of rotatable bonds is 5. The van der Waals surface area contributed by atoms with Gasteiger partial charge in [0.05, 0.1) is 11.6 Å². The summed E-state index contributed by atoms with van der Waals surface area (Å²) >= 11 is 0. The van der Waals surface area contributed by atoms with E-state index in [4.69, 9.17) is 0 Å². The fourth-order valence-electron chi connectivity index (χ4n) is 5.64. The Hall–Kier alpha value is -4.53. The molecule has 9 heteroatoms. The van der Waals surface area contributed by atoms with Crippen molar-refractivity contribution < 1.29 is 14.0 Å². The molecular weight excluding hydrogens is 495 g/mol. The zero-order chi connectivity index (χ0) is 26.7. The number of benzene rings is 2. The van der Waals surface area contributed by atoms with Crippen LogP contribution in [0.1, 0.15) is 47.6 Å². The van der Waals surface area contributed by atoms with Gasteiger partial charge in [0, 0.05) is 42.8 Å². The second-order valence-corrected chi connectivity index (χ2v) is 10.5. The van der Waals surface area contributed by atoms with Crippen molar-refractivity contribution >= 4 is 34.3 Å². The largest absolute Gasteiger partial charge is 0.350 e. The number of amides is 2. The number of hydrogen-bond donors (Lipinski definition) is 1. The minimum absolute atomic E-state index is 0.0319. The van der Waals surface area contributed by atoms with Crippen LogP contribution in [-0.4, -0.2) is 42.4 Å². The summed E-state index contributed by atoms with van der Waals surface area (Å²) in [4.78, 5) is 32.3. The van der Waals surface area contributed by atoms with Crippen LogP contribution in [0.3, 0.4) is 0 Å². The van der Waals surface area contributed by atoms with Gasteiger partial charge in [0.2, 0.25) is 11.9 Å². The molecule has 1 saturated carbocycles. The normalized spacial score (nSPS) is 17.3.